The van der Waals surface area contributed by atoms with Gasteiger partial charge in [0.1, 0.15) is 0 Å². The number of benzene rings is 1. The van der Waals surface area contributed by atoms with Crippen molar-refractivity contribution in [3.05, 3.63) is 53.9 Å². The Labute approximate surface area is 244 Å². The minimum atomic E-state index is -0.249. The number of carbonyl (C=O) groups is 2. The zero-order chi connectivity index (χ0) is 29.6. The van der Waals surface area contributed by atoms with E-state index < -0.39 is 0 Å². The van der Waals surface area contributed by atoms with Crippen LogP contribution < -0.4 is 11.1 Å². The smallest absolute Gasteiger partial charge is 0.259 e. The number of aliphatic hydroxyl groups is 1. The molecule has 0 spiro atoms. The molecule has 2 heterocycles. The first kappa shape index (κ1) is 32.2. The van der Waals surface area contributed by atoms with E-state index in [1.165, 1.54) is 19.3 Å². The van der Waals surface area contributed by atoms with E-state index in [1.807, 2.05) is 23.1 Å². The molecular weight excluding hydrogens is 516 g/mol. The molecule has 4 N–H and O–H groups in total. The molecule has 224 valence electrons. The number of hydrogen-bond acceptors (Lipinski definition) is 6. The number of unbranched alkanes of at least 4 members (excludes halogenated alkanes) is 2. The minimum Gasteiger partial charge on any atom is -0.400 e. The monoisotopic (exact) mass is 564 g/mol. The van der Waals surface area contributed by atoms with Crippen molar-refractivity contribution in [1.82, 2.24) is 19.4 Å². The Balaban J connectivity index is 0.00000226. The van der Waals surface area contributed by atoms with Gasteiger partial charge < -0.3 is 20.3 Å². The maximum atomic E-state index is 13.6. The molecule has 0 radical (unpaired) electrons. The van der Waals surface area contributed by atoms with Gasteiger partial charge >= 0.3 is 0 Å². The third-order valence-corrected chi connectivity index (χ3v) is 8.10. The van der Waals surface area contributed by atoms with Crippen molar-refractivity contribution in [3.63, 3.8) is 0 Å². The number of pyridine rings is 1. The fourth-order valence-electron chi connectivity index (χ4n) is 5.78. The van der Waals surface area contributed by atoms with Crippen LogP contribution in [0, 0.1) is 5.92 Å². The number of fused-ring (bicyclic) bond motifs is 1. The Hall–Kier alpha value is -3.30. The van der Waals surface area contributed by atoms with E-state index in [4.69, 9.17) is 15.8 Å². The Morgan fingerprint density at radius 3 is 2.54 bits per heavy atom. The molecule has 9 heteroatoms. The van der Waals surface area contributed by atoms with Crippen molar-refractivity contribution in [2.24, 2.45) is 11.7 Å². The molecule has 0 saturated heterocycles. The Morgan fingerprint density at radius 1 is 1.10 bits per heavy atom. The zero-order valence-corrected chi connectivity index (χ0v) is 25.0. The number of rotatable bonds is 13. The molecule has 2 amide bonds. The summed E-state index contributed by atoms with van der Waals surface area (Å²) < 4.78 is 2.10. The molecule has 1 aliphatic carbocycles. The van der Waals surface area contributed by atoms with Crippen LogP contribution in [0.15, 0.2) is 42.7 Å². The highest BCUT2D eigenvalue weighted by molar-refractivity contribution is 6.04. The highest BCUT2D eigenvalue weighted by Crippen LogP contribution is 2.28. The summed E-state index contributed by atoms with van der Waals surface area (Å²) in [4.78, 5) is 37.6. The van der Waals surface area contributed by atoms with E-state index in [0.717, 1.165) is 76.2 Å². The zero-order valence-electron chi connectivity index (χ0n) is 25.0. The highest BCUT2D eigenvalue weighted by atomic mass is 16.2. The van der Waals surface area contributed by atoms with Gasteiger partial charge in [-0.25, -0.2) is 4.98 Å². The second kappa shape index (κ2) is 16.8. The third-order valence-electron chi connectivity index (χ3n) is 8.10. The van der Waals surface area contributed by atoms with Gasteiger partial charge in [0.25, 0.3) is 11.8 Å². The number of nitrogens with zero attached hydrogens (tertiary/aromatic N) is 4. The predicted octanol–water partition coefficient (Wildman–Crippen LogP) is 5.63. The lowest BCUT2D eigenvalue weighted by Crippen LogP contribution is -2.41. The standard InChI is InChI=1S/C31H44N6O2.CH4O/c1-3-23(12-7-6-10-18-32)22-37-28-17-16-24(30(39)36(4-2)26-14-8-5-9-15-26)20-27(28)34-31(37)35-29(38)25-13-11-19-33-21-25;1-2/h11,13,16-17,19-21,23,26H,3-10,12,14-15,18,22,32H2,1-2H3,(H,34,35,38);2H,1H3. The number of nitrogens with two attached hydrogens (primary N) is 1. The van der Waals surface area contributed by atoms with Crippen LogP contribution in [-0.2, 0) is 6.54 Å². The Morgan fingerprint density at radius 2 is 1.88 bits per heavy atom. The number of nitrogens with one attached hydrogen (secondary N) is 1. The number of aliphatic hydroxyl groups excluding tert-OH is 1. The molecule has 2 aromatic heterocycles. The first-order valence-corrected chi connectivity index (χ1v) is 15.2. The first-order valence-electron chi connectivity index (χ1n) is 15.2. The fraction of sp³-hybridized carbons (Fsp3) is 0.562. The summed E-state index contributed by atoms with van der Waals surface area (Å²) in [7, 11) is 1.00. The minimum absolute atomic E-state index is 0.0631. The van der Waals surface area contributed by atoms with Gasteiger partial charge in [0.2, 0.25) is 5.95 Å². The maximum Gasteiger partial charge on any atom is 0.259 e. The number of imidazole rings is 1. The molecule has 9 nitrogen and oxygen atoms in total. The number of hydrogen-bond donors (Lipinski definition) is 3. The molecule has 1 aromatic carbocycles. The van der Waals surface area contributed by atoms with Gasteiger partial charge in [-0.1, -0.05) is 45.4 Å². The number of amides is 2. The van der Waals surface area contributed by atoms with Crippen LogP contribution in [-0.4, -0.2) is 62.6 Å². The second-order valence-electron chi connectivity index (χ2n) is 10.7. The van der Waals surface area contributed by atoms with Gasteiger partial charge in [-0.15, -0.1) is 0 Å². The first-order chi connectivity index (χ1) is 20.0. The quantitative estimate of drug-likeness (QED) is 0.231. The van der Waals surface area contributed by atoms with Crippen molar-refractivity contribution < 1.29 is 14.7 Å². The SMILES string of the molecule is CCC(CCCCCN)Cn1c(NC(=O)c2cccnc2)nc2cc(C(=O)N(CC)C3CCCCC3)ccc21.CO. The summed E-state index contributed by atoms with van der Waals surface area (Å²) in [5.41, 5.74) is 8.46. The van der Waals surface area contributed by atoms with Crippen LogP contribution in [0.3, 0.4) is 0 Å². The molecule has 4 rings (SSSR count). The van der Waals surface area contributed by atoms with E-state index in [2.05, 4.69) is 28.7 Å². The van der Waals surface area contributed by atoms with Gasteiger partial charge in [-0.2, -0.15) is 0 Å². The van der Waals surface area contributed by atoms with E-state index in [9.17, 15) is 9.59 Å². The number of anilines is 1. The van der Waals surface area contributed by atoms with Crippen molar-refractivity contribution >= 4 is 28.8 Å². The molecule has 41 heavy (non-hydrogen) atoms. The van der Waals surface area contributed by atoms with Crippen molar-refractivity contribution in [2.45, 2.75) is 90.6 Å². The van der Waals surface area contributed by atoms with Gasteiger partial charge in [-0.05, 0) is 75.4 Å². The Bertz CT molecular complexity index is 1220. The summed E-state index contributed by atoms with van der Waals surface area (Å²) in [6, 6.07) is 9.60. The van der Waals surface area contributed by atoms with Gasteiger partial charge in [0, 0.05) is 44.2 Å². The topological polar surface area (TPSA) is 126 Å². The molecule has 1 atom stereocenters. The molecule has 1 saturated carbocycles. The van der Waals surface area contributed by atoms with Crippen molar-refractivity contribution in [1.29, 1.82) is 0 Å². The van der Waals surface area contributed by atoms with E-state index in [1.54, 1.807) is 24.5 Å². The van der Waals surface area contributed by atoms with Crippen LogP contribution in [0.4, 0.5) is 5.95 Å². The van der Waals surface area contributed by atoms with Crippen molar-refractivity contribution in [2.75, 3.05) is 25.5 Å². The maximum absolute atomic E-state index is 13.6. The predicted molar refractivity (Wildman–Crippen MR) is 165 cm³/mol. The summed E-state index contributed by atoms with van der Waals surface area (Å²) in [6.45, 7) is 6.44. The van der Waals surface area contributed by atoms with E-state index >= 15 is 0 Å². The van der Waals surface area contributed by atoms with Crippen molar-refractivity contribution in [3.8, 4) is 0 Å². The average Bonchev–Trinajstić information content (AvgIpc) is 3.36. The van der Waals surface area contributed by atoms with Crippen LogP contribution in [0.2, 0.25) is 0 Å². The molecule has 1 fully saturated rings. The molecule has 0 bridgehead atoms. The number of aromatic nitrogens is 3. The largest absolute Gasteiger partial charge is 0.400 e. The average molecular weight is 565 g/mol. The van der Waals surface area contributed by atoms with Crippen LogP contribution >= 0.6 is 0 Å². The summed E-state index contributed by atoms with van der Waals surface area (Å²) >= 11 is 0. The van der Waals surface area contributed by atoms with Crippen LogP contribution in [0.25, 0.3) is 11.0 Å². The summed E-state index contributed by atoms with van der Waals surface area (Å²) in [5.74, 6) is 0.760. The lowest BCUT2D eigenvalue weighted by atomic mass is 9.93. The van der Waals surface area contributed by atoms with Gasteiger partial charge in [0.15, 0.2) is 0 Å². The normalized spacial score (nSPS) is 14.3. The Kier molecular flexibility index (Phi) is 13.2. The van der Waals surface area contributed by atoms with Gasteiger partial charge in [-0.3, -0.25) is 19.9 Å². The fourth-order valence-corrected chi connectivity index (χ4v) is 5.78. The third kappa shape index (κ3) is 8.60. The van der Waals surface area contributed by atoms with Gasteiger partial charge in [0.05, 0.1) is 16.6 Å². The summed E-state index contributed by atoms with van der Waals surface area (Å²) in [6.07, 6.45) is 14.4. The molecule has 1 aliphatic rings. The molecule has 3 aromatic rings. The summed E-state index contributed by atoms with van der Waals surface area (Å²) in [5, 5.41) is 10.0. The molecule has 0 aliphatic heterocycles. The molecule has 1 unspecified atom stereocenters. The van der Waals surface area contributed by atoms with E-state index in [-0.39, 0.29) is 11.8 Å². The van der Waals surface area contributed by atoms with Crippen LogP contribution in [0.1, 0.15) is 98.8 Å². The second-order valence-corrected chi connectivity index (χ2v) is 10.7. The lowest BCUT2D eigenvalue weighted by Gasteiger charge is -2.33. The number of carbonyl (C=O) groups excluding carboxylic acids is 2. The molecular formula is C32H48N6O3. The highest BCUT2D eigenvalue weighted by Gasteiger charge is 2.26. The lowest BCUT2D eigenvalue weighted by molar-refractivity contribution is 0.0648. The van der Waals surface area contributed by atoms with E-state index in [0.29, 0.717) is 35.6 Å². The van der Waals surface area contributed by atoms with Crippen LogP contribution in [0.5, 0.6) is 0 Å².